The van der Waals surface area contributed by atoms with Crippen molar-refractivity contribution in [1.29, 1.82) is 5.26 Å². The molecule has 0 saturated carbocycles. The van der Waals surface area contributed by atoms with Gasteiger partial charge in [0.25, 0.3) is 0 Å². The average Bonchev–Trinajstić information content (AvgIpc) is 3.32. The summed E-state index contributed by atoms with van der Waals surface area (Å²) in [5.74, 6) is 0. The maximum Gasteiger partial charge on any atom is 0.131 e. The predicted molar refractivity (Wildman–Crippen MR) is 116 cm³/mol. The van der Waals surface area contributed by atoms with Crippen molar-refractivity contribution in [2.45, 2.75) is 24.5 Å². The molecule has 0 spiro atoms. The van der Waals surface area contributed by atoms with Crippen LogP contribution in [0.1, 0.15) is 41.3 Å². The average molecular weight is 391 g/mol. The van der Waals surface area contributed by atoms with E-state index in [-0.39, 0.29) is 6.04 Å². The third-order valence-corrected chi connectivity index (χ3v) is 6.10. The highest BCUT2D eigenvalue weighted by Gasteiger charge is 2.40. The summed E-state index contributed by atoms with van der Waals surface area (Å²) >= 11 is 0. The van der Waals surface area contributed by atoms with Crippen LogP contribution in [0, 0.1) is 11.3 Å². The summed E-state index contributed by atoms with van der Waals surface area (Å²) < 4.78 is 2.07. The topological polar surface area (TPSA) is 61.8 Å². The predicted octanol–water partition coefficient (Wildman–Crippen LogP) is 5.04. The number of aliphatic hydroxyl groups is 1. The van der Waals surface area contributed by atoms with E-state index in [2.05, 4.69) is 39.9 Å². The van der Waals surface area contributed by atoms with E-state index in [1.807, 2.05) is 54.6 Å². The second kappa shape index (κ2) is 7.29. The van der Waals surface area contributed by atoms with Gasteiger partial charge in [0.2, 0.25) is 0 Å². The molecule has 4 nitrogen and oxygen atoms in total. The Balaban J connectivity index is 1.49. The fourth-order valence-corrected chi connectivity index (χ4v) is 4.45. The normalized spacial score (nSPS) is 20.3. The number of benzene rings is 3. The molecular formula is C26H21N3O. The van der Waals surface area contributed by atoms with E-state index < -0.39 is 5.60 Å². The molecule has 30 heavy (non-hydrogen) atoms. The van der Waals surface area contributed by atoms with Gasteiger partial charge in [-0.1, -0.05) is 66.7 Å². The number of nitriles is 1. The van der Waals surface area contributed by atoms with Gasteiger partial charge in [-0.2, -0.15) is 5.26 Å². The van der Waals surface area contributed by atoms with Crippen molar-refractivity contribution in [3.8, 4) is 17.2 Å². The Morgan fingerprint density at radius 2 is 1.63 bits per heavy atom. The molecule has 4 aromatic rings. The summed E-state index contributed by atoms with van der Waals surface area (Å²) in [6.45, 7) is 0. The Labute approximate surface area is 175 Å². The molecule has 1 aliphatic rings. The van der Waals surface area contributed by atoms with Crippen LogP contribution < -0.4 is 0 Å². The fourth-order valence-electron chi connectivity index (χ4n) is 4.45. The second-order valence-electron chi connectivity index (χ2n) is 7.78. The zero-order valence-electron chi connectivity index (χ0n) is 16.4. The largest absolute Gasteiger partial charge is 0.379 e. The van der Waals surface area contributed by atoms with E-state index in [9.17, 15) is 5.11 Å². The zero-order chi connectivity index (χ0) is 20.6. The molecule has 1 N–H and O–H groups in total. The van der Waals surface area contributed by atoms with E-state index in [1.54, 1.807) is 12.5 Å². The van der Waals surface area contributed by atoms with E-state index in [0.717, 1.165) is 34.4 Å². The lowest BCUT2D eigenvalue weighted by Crippen LogP contribution is -2.36. The molecule has 1 aromatic heterocycles. The highest BCUT2D eigenvalue weighted by atomic mass is 16.3. The Morgan fingerprint density at radius 3 is 2.33 bits per heavy atom. The molecular weight excluding hydrogens is 370 g/mol. The zero-order valence-corrected chi connectivity index (χ0v) is 16.4. The molecule has 0 unspecified atom stereocenters. The number of imidazole rings is 1. The Hall–Kier alpha value is -3.68. The van der Waals surface area contributed by atoms with Gasteiger partial charge in [0.05, 0.1) is 35.9 Å². The van der Waals surface area contributed by atoms with Gasteiger partial charge >= 0.3 is 0 Å². The van der Waals surface area contributed by atoms with Gasteiger partial charge in [0.15, 0.2) is 0 Å². The summed E-state index contributed by atoms with van der Waals surface area (Å²) in [4.78, 5) is 4.35. The van der Waals surface area contributed by atoms with Gasteiger partial charge in [-0.15, -0.1) is 0 Å². The molecule has 0 radical (unpaired) electrons. The van der Waals surface area contributed by atoms with Crippen LogP contribution in [-0.4, -0.2) is 14.7 Å². The molecule has 2 heterocycles. The highest BCUT2D eigenvalue weighted by Crippen LogP contribution is 2.43. The minimum atomic E-state index is -1.07. The summed E-state index contributed by atoms with van der Waals surface area (Å²) in [7, 11) is 0. The Bertz CT molecular complexity index is 1200. The quantitative estimate of drug-likeness (QED) is 0.532. The number of rotatable bonds is 3. The van der Waals surface area contributed by atoms with Crippen molar-refractivity contribution >= 4 is 0 Å². The summed E-state index contributed by atoms with van der Waals surface area (Å²) in [6.07, 6.45) is 4.95. The molecule has 0 bridgehead atoms. The van der Waals surface area contributed by atoms with Crippen molar-refractivity contribution in [3.05, 3.63) is 114 Å². The van der Waals surface area contributed by atoms with E-state index in [1.165, 1.54) is 0 Å². The lowest BCUT2D eigenvalue weighted by atomic mass is 9.80. The van der Waals surface area contributed by atoms with Crippen LogP contribution in [0.3, 0.4) is 0 Å². The third kappa shape index (κ3) is 3.01. The molecule has 0 saturated heterocycles. The fraction of sp³-hybridized carbons (Fsp3) is 0.154. The maximum absolute atomic E-state index is 11.7. The van der Waals surface area contributed by atoms with E-state index in [4.69, 9.17) is 5.26 Å². The van der Waals surface area contributed by atoms with Crippen LogP contribution in [0.4, 0.5) is 0 Å². The first kappa shape index (κ1) is 18.4. The Kier molecular flexibility index (Phi) is 4.46. The van der Waals surface area contributed by atoms with Crippen LogP contribution in [0.25, 0.3) is 11.1 Å². The van der Waals surface area contributed by atoms with Gasteiger partial charge < -0.3 is 9.67 Å². The highest BCUT2D eigenvalue weighted by molar-refractivity contribution is 5.63. The molecule has 2 atom stereocenters. The first-order valence-corrected chi connectivity index (χ1v) is 10.1. The van der Waals surface area contributed by atoms with Gasteiger partial charge in [-0.25, -0.2) is 4.98 Å². The number of hydrogen-bond acceptors (Lipinski definition) is 3. The number of fused-ring (bicyclic) bond motifs is 1. The van der Waals surface area contributed by atoms with E-state index >= 15 is 0 Å². The Morgan fingerprint density at radius 1 is 0.933 bits per heavy atom. The van der Waals surface area contributed by atoms with Gasteiger partial charge in [0, 0.05) is 0 Å². The number of nitrogens with zero attached hydrogens (tertiary/aromatic N) is 3. The molecule has 3 aromatic carbocycles. The van der Waals surface area contributed by atoms with Crippen molar-refractivity contribution < 1.29 is 5.11 Å². The summed E-state index contributed by atoms with van der Waals surface area (Å²) in [5.41, 5.74) is 4.66. The molecule has 0 amide bonds. The second-order valence-corrected chi connectivity index (χ2v) is 7.78. The molecule has 146 valence electrons. The summed E-state index contributed by atoms with van der Waals surface area (Å²) in [5, 5.41) is 20.7. The van der Waals surface area contributed by atoms with Crippen molar-refractivity contribution in [1.82, 2.24) is 9.55 Å². The van der Waals surface area contributed by atoms with Crippen molar-refractivity contribution in [2.24, 2.45) is 0 Å². The van der Waals surface area contributed by atoms with Gasteiger partial charge in [0.1, 0.15) is 5.60 Å². The molecule has 4 heteroatoms. The first-order valence-electron chi connectivity index (χ1n) is 10.1. The third-order valence-electron chi connectivity index (χ3n) is 6.10. The smallest absolute Gasteiger partial charge is 0.131 e. The van der Waals surface area contributed by atoms with Crippen LogP contribution in [0.5, 0.6) is 0 Å². The van der Waals surface area contributed by atoms with Crippen LogP contribution in [0.2, 0.25) is 0 Å². The first-order chi connectivity index (χ1) is 14.7. The lowest BCUT2D eigenvalue weighted by Gasteiger charge is -2.38. The van der Waals surface area contributed by atoms with E-state index in [0.29, 0.717) is 12.0 Å². The van der Waals surface area contributed by atoms with Gasteiger partial charge in [-0.3, -0.25) is 0 Å². The van der Waals surface area contributed by atoms with Crippen molar-refractivity contribution in [2.75, 3.05) is 0 Å². The molecule has 0 fully saturated rings. The van der Waals surface area contributed by atoms with Crippen molar-refractivity contribution in [3.63, 3.8) is 0 Å². The number of hydrogen-bond donors (Lipinski definition) is 1. The standard InChI is InChI=1S/C26H21N3O/c27-16-19-6-8-22(9-7-19)24-14-15-26(30,25-17-28-18-29(24)25)23-12-10-21(11-13-23)20-4-2-1-3-5-20/h1-13,17-18,24,30H,14-15H2/t24-,26+/m1/s1. The number of aromatic nitrogens is 2. The molecule has 1 aliphatic heterocycles. The SMILES string of the molecule is N#Cc1ccc([C@H]2CC[C@](O)(c3ccc(-c4ccccc4)cc3)c3cncn32)cc1. The molecule has 0 aliphatic carbocycles. The van der Waals surface area contributed by atoms with Crippen LogP contribution in [0.15, 0.2) is 91.4 Å². The monoisotopic (exact) mass is 391 g/mol. The molecule has 5 rings (SSSR count). The van der Waals surface area contributed by atoms with Gasteiger partial charge in [-0.05, 0) is 47.2 Å². The summed E-state index contributed by atoms with van der Waals surface area (Å²) in [6, 6.07) is 28.3. The minimum Gasteiger partial charge on any atom is -0.379 e. The maximum atomic E-state index is 11.7. The lowest BCUT2D eigenvalue weighted by molar-refractivity contribution is 0.0420. The van der Waals surface area contributed by atoms with Crippen LogP contribution in [-0.2, 0) is 5.60 Å². The minimum absolute atomic E-state index is 0.0964. The van der Waals surface area contributed by atoms with Crippen LogP contribution >= 0.6 is 0 Å².